The fraction of sp³-hybridized carbons (Fsp3) is 0.600. The van der Waals surface area contributed by atoms with Gasteiger partial charge in [0, 0.05) is 12.0 Å². The number of hydrogen-bond acceptors (Lipinski definition) is 6. The van der Waals surface area contributed by atoms with Gasteiger partial charge in [-0.05, 0) is 12.8 Å². The van der Waals surface area contributed by atoms with Gasteiger partial charge in [0.1, 0.15) is 0 Å². The molecule has 8 heteroatoms. The number of carboxylic acid groups (broad SMARTS) is 2. The van der Waals surface area contributed by atoms with Crippen LogP contribution in [0.4, 0.5) is 0 Å². The van der Waals surface area contributed by atoms with Crippen molar-refractivity contribution in [2.24, 2.45) is 5.73 Å². The first-order valence-electron chi connectivity index (χ1n) is 2.70. The van der Waals surface area contributed by atoms with Gasteiger partial charge in [0.25, 0.3) is 0 Å². The summed E-state index contributed by atoms with van der Waals surface area (Å²) in [6.45, 7) is 0. The summed E-state index contributed by atoms with van der Waals surface area (Å²) in [5.74, 6) is -2.75. The van der Waals surface area contributed by atoms with Crippen molar-refractivity contribution in [2.45, 2.75) is 18.9 Å². The predicted octanol–water partition coefficient (Wildman–Crippen LogP) is -9.24. The molecular formula is C5H10N2Na2O4. The van der Waals surface area contributed by atoms with Crippen molar-refractivity contribution in [1.82, 2.24) is 6.15 Å². The minimum absolute atomic E-state index is 0. The standard InChI is InChI=1S/C5H9NO4.H3N.2Na/c6-3(5(9)10)1-2-4(7)8;;;/h3H,1-2,6H2,(H,7,8)(H,9,10);1H3;;/q;;2*+1/p-2. The Hall–Kier alpha value is 0.860. The molecule has 0 aliphatic carbocycles. The van der Waals surface area contributed by atoms with Crippen LogP contribution < -0.4 is 81.2 Å². The maximum Gasteiger partial charge on any atom is 1.00 e. The van der Waals surface area contributed by atoms with Crippen LogP contribution in [0.2, 0.25) is 0 Å². The molecular weight excluding hydrogens is 198 g/mol. The number of carboxylic acids is 2. The number of hydrogen-bond donors (Lipinski definition) is 2. The predicted molar refractivity (Wildman–Crippen MR) is 32.2 cm³/mol. The van der Waals surface area contributed by atoms with Crippen molar-refractivity contribution in [3.8, 4) is 0 Å². The maximum atomic E-state index is 9.86. The zero-order chi connectivity index (χ0) is 8.15. The molecule has 66 valence electrons. The van der Waals surface area contributed by atoms with Crippen LogP contribution in [0.1, 0.15) is 12.8 Å². The van der Waals surface area contributed by atoms with Gasteiger partial charge < -0.3 is 31.7 Å². The third-order valence-electron chi connectivity index (χ3n) is 0.962. The molecule has 0 fully saturated rings. The van der Waals surface area contributed by atoms with Crippen LogP contribution in [-0.2, 0) is 9.59 Å². The molecule has 5 N–H and O–H groups in total. The molecule has 0 amide bonds. The van der Waals surface area contributed by atoms with Crippen molar-refractivity contribution in [1.29, 1.82) is 0 Å². The van der Waals surface area contributed by atoms with E-state index in [1.54, 1.807) is 0 Å². The van der Waals surface area contributed by atoms with Crippen molar-refractivity contribution in [2.75, 3.05) is 0 Å². The van der Waals surface area contributed by atoms with Gasteiger partial charge in [0.15, 0.2) is 0 Å². The summed E-state index contributed by atoms with van der Waals surface area (Å²) in [6, 6.07) is -1.21. The zero-order valence-corrected chi connectivity index (χ0v) is 11.9. The monoisotopic (exact) mass is 208 g/mol. The molecule has 0 bridgehead atoms. The van der Waals surface area contributed by atoms with Crippen molar-refractivity contribution in [3.05, 3.63) is 0 Å². The Morgan fingerprint density at radius 3 is 1.85 bits per heavy atom. The van der Waals surface area contributed by atoms with E-state index in [0.29, 0.717) is 0 Å². The van der Waals surface area contributed by atoms with Gasteiger partial charge >= 0.3 is 59.1 Å². The van der Waals surface area contributed by atoms with Gasteiger partial charge in [-0.3, -0.25) is 0 Å². The molecule has 1 unspecified atom stereocenters. The Labute approximate surface area is 120 Å². The summed E-state index contributed by atoms with van der Waals surface area (Å²) < 4.78 is 0. The van der Waals surface area contributed by atoms with E-state index in [9.17, 15) is 19.8 Å². The van der Waals surface area contributed by atoms with Crippen molar-refractivity contribution >= 4 is 11.9 Å². The van der Waals surface area contributed by atoms with E-state index >= 15 is 0 Å². The van der Waals surface area contributed by atoms with Crippen LogP contribution in [-0.4, -0.2) is 18.0 Å². The van der Waals surface area contributed by atoms with Crippen LogP contribution in [0.5, 0.6) is 0 Å². The molecule has 6 nitrogen and oxygen atoms in total. The van der Waals surface area contributed by atoms with E-state index in [2.05, 4.69) is 0 Å². The maximum absolute atomic E-state index is 9.86. The molecule has 0 heterocycles. The number of rotatable bonds is 4. The van der Waals surface area contributed by atoms with Crippen molar-refractivity contribution < 1.29 is 78.9 Å². The second-order valence-corrected chi connectivity index (χ2v) is 1.84. The van der Waals surface area contributed by atoms with E-state index in [-0.39, 0.29) is 78.1 Å². The molecule has 0 aliphatic rings. The number of nitrogens with two attached hydrogens (primary N) is 1. The quantitative estimate of drug-likeness (QED) is 0.439. The fourth-order valence-corrected chi connectivity index (χ4v) is 0.391. The molecule has 0 saturated carbocycles. The van der Waals surface area contributed by atoms with Crippen LogP contribution in [0.25, 0.3) is 0 Å². The summed E-state index contributed by atoms with van der Waals surface area (Å²) in [5.41, 5.74) is 4.91. The number of carbonyl (C=O) groups excluding carboxylic acids is 2. The van der Waals surface area contributed by atoms with Crippen molar-refractivity contribution in [3.63, 3.8) is 0 Å². The minimum Gasteiger partial charge on any atom is -0.550 e. The largest absolute Gasteiger partial charge is 1.00 e. The Balaban J connectivity index is -0.000000135. The summed E-state index contributed by atoms with van der Waals surface area (Å²) in [5, 5.41) is 19.6. The molecule has 0 aromatic carbocycles. The van der Waals surface area contributed by atoms with Crippen LogP contribution in [0.15, 0.2) is 0 Å². The summed E-state index contributed by atoms with van der Waals surface area (Å²) in [6.07, 6.45) is -0.500. The SMILES string of the molecule is N.NC(CCC(=O)[O-])C(=O)[O-].[Na+].[Na+]. The Bertz CT molecular complexity index is 155. The van der Waals surface area contributed by atoms with Crippen LogP contribution in [0.3, 0.4) is 0 Å². The average Bonchev–Trinajstić information content (AvgIpc) is 1.82. The second-order valence-electron chi connectivity index (χ2n) is 1.84. The van der Waals surface area contributed by atoms with E-state index in [0.717, 1.165) is 0 Å². The third kappa shape index (κ3) is 15.6. The first-order valence-corrected chi connectivity index (χ1v) is 2.70. The third-order valence-corrected chi connectivity index (χ3v) is 0.962. The zero-order valence-electron chi connectivity index (χ0n) is 7.91. The van der Waals surface area contributed by atoms with E-state index in [1.807, 2.05) is 0 Å². The van der Waals surface area contributed by atoms with E-state index in [4.69, 9.17) is 5.73 Å². The van der Waals surface area contributed by atoms with Gasteiger partial charge in [0.2, 0.25) is 0 Å². The molecule has 13 heavy (non-hydrogen) atoms. The fourth-order valence-electron chi connectivity index (χ4n) is 0.391. The molecule has 0 saturated heterocycles. The molecule has 1 atom stereocenters. The Morgan fingerprint density at radius 1 is 1.23 bits per heavy atom. The molecule has 0 aromatic heterocycles. The van der Waals surface area contributed by atoms with Gasteiger partial charge in [0.05, 0.1) is 5.97 Å². The first kappa shape index (κ1) is 23.6. The summed E-state index contributed by atoms with van der Waals surface area (Å²) >= 11 is 0. The topological polar surface area (TPSA) is 141 Å². The van der Waals surface area contributed by atoms with Crippen LogP contribution in [0, 0.1) is 0 Å². The molecule has 0 aromatic rings. The minimum atomic E-state index is -1.44. The number of aliphatic carboxylic acids is 2. The molecule has 0 aliphatic heterocycles. The summed E-state index contributed by atoms with van der Waals surface area (Å²) in [4.78, 5) is 19.6. The van der Waals surface area contributed by atoms with E-state index < -0.39 is 18.0 Å². The summed E-state index contributed by atoms with van der Waals surface area (Å²) in [7, 11) is 0. The second kappa shape index (κ2) is 12.9. The smallest absolute Gasteiger partial charge is 0.550 e. The van der Waals surface area contributed by atoms with Gasteiger partial charge in [-0.15, -0.1) is 0 Å². The van der Waals surface area contributed by atoms with E-state index in [1.165, 1.54) is 0 Å². The van der Waals surface area contributed by atoms with Gasteiger partial charge in [-0.25, -0.2) is 0 Å². The Kier molecular flexibility index (Phi) is 23.3. The molecule has 0 spiro atoms. The average molecular weight is 208 g/mol. The van der Waals surface area contributed by atoms with Gasteiger partial charge in [-0.2, -0.15) is 0 Å². The van der Waals surface area contributed by atoms with Crippen LogP contribution >= 0.6 is 0 Å². The first-order chi connectivity index (χ1) is 4.54. The Morgan fingerprint density at radius 2 is 1.62 bits per heavy atom. The number of carbonyl (C=O) groups is 2. The molecule has 0 rings (SSSR count). The molecule has 0 radical (unpaired) electrons. The normalized spacial score (nSPS) is 9.62. The van der Waals surface area contributed by atoms with Gasteiger partial charge in [-0.1, -0.05) is 0 Å².